The number of rotatable bonds is 5. The monoisotopic (exact) mass is 310 g/mol. The summed E-state index contributed by atoms with van der Waals surface area (Å²) in [5.74, 6) is 0.0712. The first-order valence-electron chi connectivity index (χ1n) is 6.00. The smallest absolute Gasteiger partial charge is 0.165 e. The summed E-state index contributed by atoms with van der Waals surface area (Å²) in [6.45, 7) is 0.195. The molecule has 0 amide bonds. The lowest BCUT2D eigenvalue weighted by Crippen LogP contribution is -2.11. The van der Waals surface area contributed by atoms with Crippen LogP contribution in [0.2, 0.25) is 0 Å². The number of nitrogens with one attached hydrogen (secondary N) is 1. The highest BCUT2D eigenvalue weighted by Gasteiger charge is 2.08. The minimum Gasteiger partial charge on any atom is -0.496 e. The van der Waals surface area contributed by atoms with Crippen LogP contribution in [0.25, 0.3) is 0 Å². The van der Waals surface area contributed by atoms with Gasteiger partial charge in [-0.2, -0.15) is 0 Å². The van der Waals surface area contributed by atoms with Crippen molar-refractivity contribution in [1.82, 2.24) is 0 Å². The van der Waals surface area contributed by atoms with E-state index < -0.39 is 5.82 Å². The molecule has 0 fully saturated rings. The van der Waals surface area contributed by atoms with Crippen LogP contribution in [0, 0.1) is 11.2 Å². The summed E-state index contributed by atoms with van der Waals surface area (Å²) in [6.07, 6.45) is 0. The fourth-order valence-electron chi connectivity index (χ4n) is 1.76. The molecule has 0 saturated carbocycles. The molecule has 0 unspecified atom stereocenters. The zero-order valence-corrected chi connectivity index (χ0v) is 12.2. The van der Waals surface area contributed by atoms with Crippen molar-refractivity contribution in [3.63, 3.8) is 0 Å². The van der Waals surface area contributed by atoms with Gasteiger partial charge < -0.3 is 15.2 Å². The summed E-state index contributed by atoms with van der Waals surface area (Å²) >= 11 is 0. The number of hydrogen-bond donors (Lipinski definition) is 2. The molecule has 0 heterocycles. The first-order valence-corrected chi connectivity index (χ1v) is 6.00. The number of nitrogens with two attached hydrogens (primary N) is 1. The van der Waals surface area contributed by atoms with Crippen LogP contribution in [-0.2, 0) is 6.61 Å². The second kappa shape index (κ2) is 7.50. The Labute approximate surface area is 128 Å². The molecule has 0 aliphatic heterocycles. The summed E-state index contributed by atoms with van der Waals surface area (Å²) < 4.78 is 24.4. The lowest BCUT2D eigenvalue weighted by Gasteiger charge is -2.11. The van der Waals surface area contributed by atoms with Gasteiger partial charge in [0.15, 0.2) is 11.6 Å². The lowest BCUT2D eigenvalue weighted by atomic mass is 10.2. The summed E-state index contributed by atoms with van der Waals surface area (Å²) in [5.41, 5.74) is 6.45. The van der Waals surface area contributed by atoms with Gasteiger partial charge in [0, 0.05) is 11.1 Å². The van der Waals surface area contributed by atoms with Gasteiger partial charge in [-0.05, 0) is 24.3 Å². The average Bonchev–Trinajstić information content (AvgIpc) is 2.46. The normalized spacial score (nSPS) is 9.62. The van der Waals surface area contributed by atoms with Crippen molar-refractivity contribution in [1.29, 1.82) is 5.41 Å². The van der Waals surface area contributed by atoms with E-state index >= 15 is 0 Å². The van der Waals surface area contributed by atoms with Crippen molar-refractivity contribution in [3.05, 3.63) is 59.4 Å². The van der Waals surface area contributed by atoms with E-state index in [0.717, 1.165) is 5.56 Å². The molecular weight excluding hydrogens is 295 g/mol. The molecule has 0 atom stereocenters. The molecule has 3 N–H and O–H groups in total. The van der Waals surface area contributed by atoms with E-state index in [1.165, 1.54) is 12.1 Å². The number of ether oxygens (including phenoxy) is 2. The van der Waals surface area contributed by atoms with E-state index in [9.17, 15) is 4.39 Å². The Hall–Kier alpha value is -2.27. The molecule has 2 aromatic rings. The minimum atomic E-state index is -0.549. The third kappa shape index (κ3) is 4.10. The van der Waals surface area contributed by atoms with Gasteiger partial charge in [0.2, 0.25) is 0 Å². The maximum Gasteiger partial charge on any atom is 0.165 e. The van der Waals surface area contributed by atoms with Crippen molar-refractivity contribution < 1.29 is 13.9 Å². The molecule has 0 aliphatic rings. The molecule has 0 saturated heterocycles. The topological polar surface area (TPSA) is 68.3 Å². The first kappa shape index (κ1) is 16.8. The van der Waals surface area contributed by atoms with Crippen LogP contribution in [-0.4, -0.2) is 12.9 Å². The molecular formula is C15H16ClFN2O2. The quantitative estimate of drug-likeness (QED) is 0.658. The van der Waals surface area contributed by atoms with E-state index in [4.69, 9.17) is 20.6 Å². The van der Waals surface area contributed by atoms with E-state index in [1.54, 1.807) is 13.2 Å². The van der Waals surface area contributed by atoms with Gasteiger partial charge in [-0.25, -0.2) is 4.39 Å². The molecule has 6 heteroatoms. The fourth-order valence-corrected chi connectivity index (χ4v) is 1.76. The largest absolute Gasteiger partial charge is 0.496 e. The molecule has 2 aromatic carbocycles. The van der Waals surface area contributed by atoms with Crippen LogP contribution in [0.4, 0.5) is 4.39 Å². The Morgan fingerprint density at radius 3 is 2.52 bits per heavy atom. The van der Waals surface area contributed by atoms with Crippen LogP contribution < -0.4 is 15.2 Å². The zero-order chi connectivity index (χ0) is 14.5. The van der Waals surface area contributed by atoms with Gasteiger partial charge in [0.05, 0.1) is 7.11 Å². The minimum absolute atomic E-state index is 0. The number of para-hydroxylation sites is 1. The highest BCUT2D eigenvalue weighted by Crippen LogP contribution is 2.22. The Bertz CT molecular complexity index is 635. The summed E-state index contributed by atoms with van der Waals surface area (Å²) in [6, 6.07) is 11.6. The van der Waals surface area contributed by atoms with Gasteiger partial charge >= 0.3 is 0 Å². The Morgan fingerprint density at radius 2 is 1.90 bits per heavy atom. The van der Waals surface area contributed by atoms with Crippen LogP contribution in [0.3, 0.4) is 0 Å². The molecule has 4 nitrogen and oxygen atoms in total. The highest BCUT2D eigenvalue weighted by molar-refractivity contribution is 5.95. The van der Waals surface area contributed by atoms with Gasteiger partial charge in [-0.3, -0.25) is 5.41 Å². The van der Waals surface area contributed by atoms with Crippen molar-refractivity contribution >= 4 is 18.2 Å². The van der Waals surface area contributed by atoms with Crippen LogP contribution in [0.1, 0.15) is 11.1 Å². The predicted molar refractivity (Wildman–Crippen MR) is 82.0 cm³/mol. The fraction of sp³-hybridized carbons (Fsp3) is 0.133. The average molecular weight is 311 g/mol. The Balaban J connectivity index is 0.00000220. The molecule has 0 spiro atoms. The number of halogens is 2. The van der Waals surface area contributed by atoms with E-state index in [0.29, 0.717) is 11.3 Å². The Kier molecular flexibility index (Phi) is 5.99. The van der Waals surface area contributed by atoms with E-state index in [1.807, 2.05) is 24.3 Å². The number of benzene rings is 2. The zero-order valence-electron chi connectivity index (χ0n) is 11.4. The van der Waals surface area contributed by atoms with Crippen LogP contribution in [0.15, 0.2) is 42.5 Å². The summed E-state index contributed by atoms with van der Waals surface area (Å²) in [7, 11) is 1.57. The standard InChI is InChI=1S/C15H15FN2O2.ClH/c1-19-13-5-3-2-4-11(13)9-20-14-7-6-10(15(17)18)8-12(14)16;/h2-8H,9H2,1H3,(H3,17,18);1H. The van der Waals surface area contributed by atoms with Crippen molar-refractivity contribution in [2.75, 3.05) is 7.11 Å². The van der Waals surface area contributed by atoms with Crippen LogP contribution >= 0.6 is 12.4 Å². The molecule has 112 valence electrons. The maximum absolute atomic E-state index is 13.8. The highest BCUT2D eigenvalue weighted by atomic mass is 35.5. The maximum atomic E-state index is 13.8. The third-order valence-electron chi connectivity index (χ3n) is 2.82. The molecule has 0 bridgehead atoms. The number of hydrogen-bond acceptors (Lipinski definition) is 3. The summed E-state index contributed by atoms with van der Waals surface area (Å²) in [5, 5.41) is 7.25. The molecule has 0 aliphatic carbocycles. The second-order valence-corrected chi connectivity index (χ2v) is 4.16. The van der Waals surface area contributed by atoms with Gasteiger partial charge in [-0.1, -0.05) is 18.2 Å². The number of nitrogen functional groups attached to an aromatic ring is 1. The molecule has 21 heavy (non-hydrogen) atoms. The van der Waals surface area contributed by atoms with Crippen molar-refractivity contribution in [2.45, 2.75) is 6.61 Å². The lowest BCUT2D eigenvalue weighted by molar-refractivity contribution is 0.282. The van der Waals surface area contributed by atoms with Crippen molar-refractivity contribution in [3.8, 4) is 11.5 Å². The van der Waals surface area contributed by atoms with Crippen molar-refractivity contribution in [2.24, 2.45) is 5.73 Å². The first-order chi connectivity index (χ1) is 9.61. The second-order valence-electron chi connectivity index (χ2n) is 4.16. The van der Waals surface area contributed by atoms with Gasteiger partial charge in [0.25, 0.3) is 0 Å². The predicted octanol–water partition coefficient (Wildman–Crippen LogP) is 3.12. The number of amidine groups is 1. The Morgan fingerprint density at radius 1 is 1.19 bits per heavy atom. The molecule has 0 aromatic heterocycles. The molecule has 0 radical (unpaired) electrons. The molecule has 2 rings (SSSR count). The van der Waals surface area contributed by atoms with Gasteiger partial charge in [-0.15, -0.1) is 12.4 Å². The van der Waals surface area contributed by atoms with Gasteiger partial charge in [0.1, 0.15) is 18.2 Å². The summed E-state index contributed by atoms with van der Waals surface area (Å²) in [4.78, 5) is 0. The third-order valence-corrected chi connectivity index (χ3v) is 2.82. The van der Waals surface area contributed by atoms with E-state index in [2.05, 4.69) is 0 Å². The SMILES string of the molecule is COc1ccccc1COc1ccc(C(=N)N)cc1F.Cl. The van der Waals surface area contributed by atoms with E-state index in [-0.39, 0.29) is 30.6 Å². The number of methoxy groups -OCH3 is 1. The van der Waals surface area contributed by atoms with Crippen LogP contribution in [0.5, 0.6) is 11.5 Å².